The van der Waals surface area contributed by atoms with Crippen LogP contribution in [0.3, 0.4) is 0 Å². The van der Waals surface area contributed by atoms with Crippen LogP contribution in [0.2, 0.25) is 0 Å². The molecule has 1 unspecified atom stereocenters. The van der Waals surface area contributed by atoms with Gasteiger partial charge in [-0.15, -0.1) is 0 Å². The molecule has 0 aromatic carbocycles. The Kier molecular flexibility index (Phi) is 8.29. The Morgan fingerprint density at radius 1 is 0.839 bits per heavy atom. The first-order chi connectivity index (χ1) is 14.0. The highest BCUT2D eigenvalue weighted by atomic mass is 32.2. The van der Waals surface area contributed by atoms with E-state index in [4.69, 9.17) is 0 Å². The molecule has 2 aliphatic heterocycles. The Hall–Kier alpha value is 0.110. The van der Waals surface area contributed by atoms with Gasteiger partial charge >= 0.3 is 0 Å². The molecule has 2 saturated heterocycles. The van der Waals surface area contributed by atoms with Crippen molar-refractivity contribution in [1.29, 1.82) is 0 Å². The van der Waals surface area contributed by atoms with Gasteiger partial charge in [-0.3, -0.25) is 9.80 Å². The van der Waals surface area contributed by atoms with Crippen LogP contribution in [0, 0.1) is 0 Å². The summed E-state index contributed by atoms with van der Waals surface area (Å²) in [5, 5.41) is 23.3. The SMILES string of the molecule is CSN1CCCC(O)(C(C)(C)N(C)CC(C)(C)N2CCC[C@](O)(C(C)(C)N(C)C)C2)C1. The van der Waals surface area contributed by atoms with E-state index in [0.717, 1.165) is 45.3 Å². The van der Waals surface area contributed by atoms with Gasteiger partial charge in [0.15, 0.2) is 0 Å². The third kappa shape index (κ3) is 5.28. The summed E-state index contributed by atoms with van der Waals surface area (Å²) in [7, 11) is 6.26. The molecule has 2 N–H and O–H groups in total. The lowest BCUT2D eigenvalue weighted by atomic mass is 9.74. The van der Waals surface area contributed by atoms with Crippen molar-refractivity contribution >= 4 is 11.9 Å². The topological polar surface area (TPSA) is 53.4 Å². The molecule has 2 fully saturated rings. The summed E-state index contributed by atoms with van der Waals surface area (Å²) < 4.78 is 2.29. The summed E-state index contributed by atoms with van der Waals surface area (Å²) in [6.07, 6.45) is 5.78. The van der Waals surface area contributed by atoms with E-state index in [1.54, 1.807) is 11.9 Å². The molecule has 7 heteroatoms. The lowest BCUT2D eigenvalue weighted by Gasteiger charge is -2.57. The summed E-state index contributed by atoms with van der Waals surface area (Å²) in [6.45, 7) is 17.5. The fourth-order valence-corrected chi connectivity index (χ4v) is 6.01. The van der Waals surface area contributed by atoms with Gasteiger partial charge in [0.25, 0.3) is 0 Å². The van der Waals surface area contributed by atoms with E-state index in [2.05, 4.69) is 87.9 Å². The van der Waals surface area contributed by atoms with Crippen molar-refractivity contribution in [2.75, 3.05) is 60.1 Å². The van der Waals surface area contributed by atoms with Crippen LogP contribution in [0.1, 0.15) is 67.2 Å². The lowest BCUT2D eigenvalue weighted by molar-refractivity contribution is -0.148. The van der Waals surface area contributed by atoms with Gasteiger partial charge in [0.1, 0.15) is 0 Å². The van der Waals surface area contributed by atoms with Crippen LogP contribution in [0.25, 0.3) is 0 Å². The van der Waals surface area contributed by atoms with Crippen LogP contribution < -0.4 is 0 Å². The van der Waals surface area contributed by atoms with Gasteiger partial charge in [-0.05, 0) is 101 Å². The summed E-state index contributed by atoms with van der Waals surface area (Å²) in [5.74, 6) is 0. The largest absolute Gasteiger partial charge is 0.387 e. The molecule has 0 radical (unpaired) electrons. The third-order valence-corrected chi connectivity index (χ3v) is 9.82. The maximum Gasteiger partial charge on any atom is 0.0960 e. The maximum absolute atomic E-state index is 11.7. The number of aliphatic hydroxyl groups is 2. The van der Waals surface area contributed by atoms with Crippen LogP contribution in [-0.2, 0) is 0 Å². The van der Waals surface area contributed by atoms with Gasteiger partial charge in [-0.25, -0.2) is 4.31 Å². The van der Waals surface area contributed by atoms with Crippen LogP contribution in [-0.4, -0.2) is 117 Å². The van der Waals surface area contributed by atoms with Crippen LogP contribution in [0.5, 0.6) is 0 Å². The average molecular weight is 459 g/mol. The maximum atomic E-state index is 11.7. The predicted molar refractivity (Wildman–Crippen MR) is 134 cm³/mol. The minimum absolute atomic E-state index is 0.118. The number of β-amino-alcohol motifs (C(OH)–C–C–N with tert-alkyl or cyclic N) is 2. The predicted octanol–water partition coefficient (Wildman–Crippen LogP) is 2.75. The molecule has 184 valence electrons. The lowest BCUT2D eigenvalue weighted by Crippen LogP contribution is -2.70. The van der Waals surface area contributed by atoms with Crippen molar-refractivity contribution in [2.45, 2.75) is 95.0 Å². The number of nitrogens with zero attached hydrogens (tertiary/aromatic N) is 4. The number of piperidine rings is 2. The molecule has 2 rings (SSSR count). The number of likely N-dealkylation sites (N-methyl/N-ethyl adjacent to an activating group) is 2. The average Bonchev–Trinajstić information content (AvgIpc) is 2.67. The Labute approximate surface area is 196 Å². The van der Waals surface area contributed by atoms with Gasteiger partial charge in [0, 0.05) is 42.8 Å². The van der Waals surface area contributed by atoms with Gasteiger partial charge in [0.05, 0.1) is 11.2 Å². The summed E-state index contributed by atoms with van der Waals surface area (Å²) in [5.41, 5.74) is -2.26. The number of rotatable bonds is 8. The molecule has 0 spiro atoms. The molecule has 0 aliphatic carbocycles. The molecule has 2 heterocycles. The minimum Gasteiger partial charge on any atom is -0.387 e. The molecule has 0 aromatic heterocycles. The van der Waals surface area contributed by atoms with E-state index >= 15 is 0 Å². The van der Waals surface area contributed by atoms with Crippen molar-refractivity contribution in [3.8, 4) is 0 Å². The van der Waals surface area contributed by atoms with E-state index in [0.29, 0.717) is 13.1 Å². The monoisotopic (exact) mass is 458 g/mol. The van der Waals surface area contributed by atoms with Crippen LogP contribution in [0.15, 0.2) is 0 Å². The second kappa shape index (κ2) is 9.40. The van der Waals surface area contributed by atoms with E-state index < -0.39 is 11.2 Å². The minimum atomic E-state index is -0.749. The number of likely N-dealkylation sites (tertiary alicyclic amines) is 1. The van der Waals surface area contributed by atoms with Crippen molar-refractivity contribution in [3.05, 3.63) is 0 Å². The molecule has 2 atom stereocenters. The molecule has 0 amide bonds. The molecule has 0 aromatic rings. The van der Waals surface area contributed by atoms with Crippen LogP contribution in [0.4, 0.5) is 0 Å². The highest BCUT2D eigenvalue weighted by Crippen LogP contribution is 2.40. The molecule has 31 heavy (non-hydrogen) atoms. The van der Waals surface area contributed by atoms with Crippen molar-refractivity contribution in [1.82, 2.24) is 19.0 Å². The zero-order valence-electron chi connectivity index (χ0n) is 22.0. The summed E-state index contributed by atoms with van der Waals surface area (Å²) in [4.78, 5) is 6.96. The third-order valence-electron chi connectivity index (χ3n) is 8.99. The Bertz CT molecular complexity index is 612. The second-order valence-electron chi connectivity index (χ2n) is 11.9. The normalized spacial score (nSPS) is 30.4. The smallest absolute Gasteiger partial charge is 0.0960 e. The summed E-state index contributed by atoms with van der Waals surface area (Å²) in [6, 6.07) is 0. The second-order valence-corrected chi connectivity index (χ2v) is 12.8. The zero-order chi connectivity index (χ0) is 23.9. The Balaban J connectivity index is 2.17. The van der Waals surface area contributed by atoms with Crippen molar-refractivity contribution in [2.24, 2.45) is 0 Å². The van der Waals surface area contributed by atoms with E-state index in [-0.39, 0.29) is 16.6 Å². The number of hydrogen-bond donors (Lipinski definition) is 2. The zero-order valence-corrected chi connectivity index (χ0v) is 22.8. The first kappa shape index (κ1) is 27.4. The first-order valence-electron chi connectivity index (χ1n) is 11.9. The van der Waals surface area contributed by atoms with Gasteiger partial charge in [-0.1, -0.05) is 11.9 Å². The highest BCUT2D eigenvalue weighted by Gasteiger charge is 2.52. The van der Waals surface area contributed by atoms with Gasteiger partial charge < -0.3 is 15.1 Å². The molecule has 2 aliphatic rings. The molecular formula is C24H50N4O2S. The first-order valence-corrected chi connectivity index (χ1v) is 13.1. The number of hydrogen-bond acceptors (Lipinski definition) is 7. The van der Waals surface area contributed by atoms with E-state index in [9.17, 15) is 10.2 Å². The van der Waals surface area contributed by atoms with E-state index in [1.807, 2.05) is 0 Å². The highest BCUT2D eigenvalue weighted by molar-refractivity contribution is 7.96. The molecule has 0 bridgehead atoms. The molecular weight excluding hydrogens is 408 g/mol. The molecule has 0 saturated carbocycles. The fraction of sp³-hybridized carbons (Fsp3) is 1.00. The summed E-state index contributed by atoms with van der Waals surface area (Å²) >= 11 is 1.73. The Morgan fingerprint density at radius 3 is 1.87 bits per heavy atom. The van der Waals surface area contributed by atoms with Crippen molar-refractivity contribution in [3.63, 3.8) is 0 Å². The molecule has 6 nitrogen and oxygen atoms in total. The standard InChI is InChI=1S/C24H50N4O2S/c1-20(2,27-15-11-13-23(29,18-27)21(3,4)25(7)8)17-26(9)22(5,6)24(30)14-12-16-28(19-24)31-10/h29-30H,11-19H2,1-10H3/t23-,24?/m1/s1. The van der Waals surface area contributed by atoms with E-state index in [1.165, 1.54) is 0 Å². The Morgan fingerprint density at radius 2 is 1.35 bits per heavy atom. The quantitative estimate of drug-likeness (QED) is 0.543. The fourth-order valence-electron chi connectivity index (χ4n) is 5.35. The van der Waals surface area contributed by atoms with Crippen LogP contribution >= 0.6 is 11.9 Å². The van der Waals surface area contributed by atoms with Crippen molar-refractivity contribution < 1.29 is 10.2 Å². The van der Waals surface area contributed by atoms with Gasteiger partial charge in [-0.2, -0.15) is 0 Å². The van der Waals surface area contributed by atoms with Gasteiger partial charge in [0.2, 0.25) is 0 Å².